The minimum atomic E-state index is 0.154. The van der Waals surface area contributed by atoms with Gasteiger partial charge < -0.3 is 9.72 Å². The number of ether oxygens (including phenoxy) is 1. The second-order valence-corrected chi connectivity index (χ2v) is 3.72. The van der Waals surface area contributed by atoms with E-state index in [0.717, 1.165) is 35.9 Å². The van der Waals surface area contributed by atoms with Crippen LogP contribution in [0.3, 0.4) is 0 Å². The second-order valence-electron chi connectivity index (χ2n) is 3.72. The molecule has 0 aromatic carbocycles. The number of aromatic nitrogens is 1. The molecule has 0 spiro atoms. The van der Waals surface area contributed by atoms with E-state index in [4.69, 9.17) is 4.74 Å². The van der Waals surface area contributed by atoms with Crippen LogP contribution >= 0.6 is 0 Å². The van der Waals surface area contributed by atoms with E-state index in [1.165, 1.54) is 0 Å². The van der Waals surface area contributed by atoms with Crippen LogP contribution < -0.4 is 15.3 Å². The standard InChI is InChI=1S/C12H15NO2/c1-2-3-6-15-12-8-9-7-10(14)4-5-11(9)13-12/h5,7-8,13H,2-4,6H2,1H3. The molecular formula is C12H15NO2. The molecule has 15 heavy (non-hydrogen) atoms. The fourth-order valence-corrected chi connectivity index (χ4v) is 1.59. The van der Waals surface area contributed by atoms with Crippen molar-refractivity contribution in [3.05, 3.63) is 16.6 Å². The number of H-pyrrole nitrogens is 1. The van der Waals surface area contributed by atoms with Crippen molar-refractivity contribution in [1.82, 2.24) is 4.98 Å². The molecule has 0 atom stereocenters. The van der Waals surface area contributed by atoms with Crippen LogP contribution in [0.15, 0.2) is 6.07 Å². The lowest BCUT2D eigenvalue weighted by Crippen LogP contribution is -2.26. The van der Waals surface area contributed by atoms with Crippen LogP contribution in [0.25, 0.3) is 12.2 Å². The molecule has 1 heterocycles. The summed E-state index contributed by atoms with van der Waals surface area (Å²) in [7, 11) is 0. The van der Waals surface area contributed by atoms with Crippen molar-refractivity contribution in [1.29, 1.82) is 0 Å². The number of aromatic amines is 1. The number of hydrogen-bond donors (Lipinski definition) is 1. The van der Waals surface area contributed by atoms with Gasteiger partial charge in [0.15, 0.2) is 11.7 Å². The maximum atomic E-state index is 11.2. The minimum absolute atomic E-state index is 0.154. The Bertz CT molecular complexity index is 470. The molecule has 0 saturated heterocycles. The normalized spacial score (nSPS) is 14.1. The van der Waals surface area contributed by atoms with Crippen LogP contribution in [0.4, 0.5) is 0 Å². The van der Waals surface area contributed by atoms with E-state index in [0.29, 0.717) is 6.42 Å². The van der Waals surface area contributed by atoms with Gasteiger partial charge in [0.1, 0.15) is 0 Å². The largest absolute Gasteiger partial charge is 0.479 e. The predicted molar refractivity (Wildman–Crippen MR) is 59.0 cm³/mol. The Kier molecular flexibility index (Phi) is 2.90. The third-order valence-corrected chi connectivity index (χ3v) is 2.43. The molecule has 1 aromatic heterocycles. The van der Waals surface area contributed by atoms with Gasteiger partial charge in [0, 0.05) is 23.1 Å². The molecule has 0 amide bonds. The average Bonchev–Trinajstić information content (AvgIpc) is 2.60. The number of fused-ring (bicyclic) bond motifs is 1. The predicted octanol–water partition coefficient (Wildman–Crippen LogP) is 0.727. The van der Waals surface area contributed by atoms with Crippen molar-refractivity contribution in [2.75, 3.05) is 6.61 Å². The molecule has 1 aromatic rings. The van der Waals surface area contributed by atoms with Crippen molar-refractivity contribution < 1.29 is 9.53 Å². The Morgan fingerprint density at radius 2 is 2.40 bits per heavy atom. The molecule has 0 bridgehead atoms. The molecule has 0 radical (unpaired) electrons. The van der Waals surface area contributed by atoms with Crippen molar-refractivity contribution in [2.45, 2.75) is 26.2 Å². The van der Waals surface area contributed by atoms with Crippen molar-refractivity contribution in [3.8, 4) is 5.88 Å². The molecule has 0 fully saturated rings. The highest BCUT2D eigenvalue weighted by Crippen LogP contribution is 2.02. The van der Waals surface area contributed by atoms with Gasteiger partial charge in [-0.05, 0) is 12.5 Å². The number of nitrogens with one attached hydrogen (secondary N) is 1. The first kappa shape index (κ1) is 10.0. The Morgan fingerprint density at radius 3 is 3.20 bits per heavy atom. The summed E-state index contributed by atoms with van der Waals surface area (Å²) in [5.41, 5.74) is 0. The van der Waals surface area contributed by atoms with Crippen molar-refractivity contribution >= 4 is 17.9 Å². The summed E-state index contributed by atoms with van der Waals surface area (Å²) in [6.45, 7) is 2.85. The Balaban J connectivity index is 2.17. The topological polar surface area (TPSA) is 42.1 Å². The zero-order chi connectivity index (χ0) is 10.7. The maximum absolute atomic E-state index is 11.2. The minimum Gasteiger partial charge on any atom is -0.479 e. The molecule has 1 N–H and O–H groups in total. The lowest BCUT2D eigenvalue weighted by molar-refractivity contribution is -0.112. The highest BCUT2D eigenvalue weighted by Gasteiger charge is 2.04. The highest BCUT2D eigenvalue weighted by atomic mass is 16.5. The lowest BCUT2D eigenvalue weighted by atomic mass is 10.1. The molecule has 3 nitrogen and oxygen atoms in total. The number of carbonyl (C=O) groups excluding carboxylic acids is 1. The summed E-state index contributed by atoms with van der Waals surface area (Å²) in [6.07, 6.45) is 6.23. The first-order chi connectivity index (χ1) is 7.29. The van der Waals surface area contributed by atoms with Crippen LogP contribution in [0.5, 0.6) is 5.88 Å². The molecular weight excluding hydrogens is 190 g/mol. The lowest BCUT2D eigenvalue weighted by Gasteiger charge is -2.00. The van der Waals surface area contributed by atoms with Crippen LogP contribution in [-0.2, 0) is 4.79 Å². The van der Waals surface area contributed by atoms with Crippen LogP contribution in [0.1, 0.15) is 26.2 Å². The van der Waals surface area contributed by atoms with Crippen LogP contribution in [0.2, 0.25) is 0 Å². The zero-order valence-corrected chi connectivity index (χ0v) is 8.88. The fourth-order valence-electron chi connectivity index (χ4n) is 1.59. The second kappa shape index (κ2) is 4.34. The summed E-state index contributed by atoms with van der Waals surface area (Å²) in [5, 5.41) is 1.94. The SMILES string of the molecule is CCCCOc1cc2c([nH]1)=CCC(=O)C=2. The first-order valence-electron chi connectivity index (χ1n) is 5.36. The third-order valence-electron chi connectivity index (χ3n) is 2.43. The van der Waals surface area contributed by atoms with Gasteiger partial charge in [-0.25, -0.2) is 0 Å². The van der Waals surface area contributed by atoms with E-state index < -0.39 is 0 Å². The number of rotatable bonds is 4. The molecule has 3 heteroatoms. The van der Waals surface area contributed by atoms with Crippen molar-refractivity contribution in [3.63, 3.8) is 0 Å². The maximum Gasteiger partial charge on any atom is 0.191 e. The molecule has 0 unspecified atom stereocenters. The zero-order valence-electron chi connectivity index (χ0n) is 8.88. The monoisotopic (exact) mass is 205 g/mol. The quantitative estimate of drug-likeness (QED) is 0.736. The number of hydrogen-bond acceptors (Lipinski definition) is 2. The van der Waals surface area contributed by atoms with Gasteiger partial charge in [-0.2, -0.15) is 0 Å². The van der Waals surface area contributed by atoms with Crippen LogP contribution in [0, 0.1) is 0 Å². The van der Waals surface area contributed by atoms with Gasteiger partial charge in [-0.3, -0.25) is 4.79 Å². The van der Waals surface area contributed by atoms with Gasteiger partial charge in [0.25, 0.3) is 0 Å². The Morgan fingerprint density at radius 1 is 1.53 bits per heavy atom. The highest BCUT2D eigenvalue weighted by molar-refractivity contribution is 6.09. The van der Waals surface area contributed by atoms with Gasteiger partial charge in [0.05, 0.1) is 6.61 Å². The molecule has 0 saturated carbocycles. The number of carbonyl (C=O) groups is 1. The van der Waals surface area contributed by atoms with Crippen LogP contribution in [-0.4, -0.2) is 17.4 Å². The number of Topliss-reactive ketones (excluding diaryl/α,β-unsaturated/α-hetero) is 1. The van der Waals surface area contributed by atoms with E-state index in [-0.39, 0.29) is 5.78 Å². The number of unbranched alkanes of at least 4 members (excludes halogenated alkanes) is 1. The van der Waals surface area contributed by atoms with E-state index in [9.17, 15) is 4.79 Å². The third kappa shape index (κ3) is 2.29. The summed E-state index contributed by atoms with van der Waals surface area (Å²) in [4.78, 5) is 14.3. The molecule has 80 valence electrons. The molecule has 1 aliphatic carbocycles. The van der Waals surface area contributed by atoms with E-state index >= 15 is 0 Å². The van der Waals surface area contributed by atoms with Gasteiger partial charge >= 0.3 is 0 Å². The fraction of sp³-hybridized carbons (Fsp3) is 0.417. The van der Waals surface area contributed by atoms with E-state index in [1.54, 1.807) is 6.08 Å². The van der Waals surface area contributed by atoms with Gasteiger partial charge in [-0.1, -0.05) is 19.4 Å². The summed E-state index contributed by atoms with van der Waals surface area (Å²) in [6, 6.07) is 1.89. The van der Waals surface area contributed by atoms with Crippen molar-refractivity contribution in [2.24, 2.45) is 0 Å². The summed E-state index contributed by atoms with van der Waals surface area (Å²) < 4.78 is 5.53. The van der Waals surface area contributed by atoms with Gasteiger partial charge in [-0.15, -0.1) is 0 Å². The van der Waals surface area contributed by atoms with E-state index in [1.807, 2.05) is 12.1 Å². The molecule has 2 rings (SSSR count). The number of ketones is 1. The molecule has 0 aliphatic heterocycles. The Labute approximate surface area is 88.5 Å². The van der Waals surface area contributed by atoms with Gasteiger partial charge in [0.2, 0.25) is 0 Å². The Hall–Kier alpha value is -1.51. The average molecular weight is 205 g/mol. The first-order valence-corrected chi connectivity index (χ1v) is 5.36. The van der Waals surface area contributed by atoms with E-state index in [2.05, 4.69) is 11.9 Å². The summed E-state index contributed by atoms with van der Waals surface area (Å²) >= 11 is 0. The summed E-state index contributed by atoms with van der Waals surface area (Å²) in [5.74, 6) is 0.914. The smallest absolute Gasteiger partial charge is 0.191 e. The molecule has 1 aliphatic rings.